The number of hydrogen-bond donors (Lipinski definition) is 1. The monoisotopic (exact) mass is 297 g/mol. The van der Waals surface area contributed by atoms with Crippen molar-refractivity contribution in [3.63, 3.8) is 0 Å². The lowest BCUT2D eigenvalue weighted by Gasteiger charge is -2.12. The second-order valence-electron chi connectivity index (χ2n) is 4.65. The average molecular weight is 297 g/mol. The highest BCUT2D eigenvalue weighted by molar-refractivity contribution is 6.33. The minimum Gasteiger partial charge on any atom is -0.487 e. The summed E-state index contributed by atoms with van der Waals surface area (Å²) < 4.78 is 5.68. The lowest BCUT2D eigenvalue weighted by molar-refractivity contribution is -0.114. The van der Waals surface area contributed by atoms with Gasteiger partial charge in [0.25, 0.3) is 0 Å². The van der Waals surface area contributed by atoms with Crippen LogP contribution in [0.4, 0.5) is 5.69 Å². The molecule has 2 aromatic carbocycles. The van der Waals surface area contributed by atoms with Crippen LogP contribution in [0.25, 0.3) is 0 Å². The van der Waals surface area contributed by atoms with Crippen LogP contribution < -0.4 is 10.1 Å². The molecule has 2 rings (SSSR count). The summed E-state index contributed by atoms with van der Waals surface area (Å²) in [6, 6.07) is 14.0. The number of carbonyl (C=O) groups is 3. The van der Waals surface area contributed by atoms with Crippen LogP contribution in [-0.4, -0.2) is 18.0 Å². The van der Waals surface area contributed by atoms with E-state index in [-0.39, 0.29) is 17.8 Å². The molecule has 0 atom stereocenters. The Kier molecular flexibility index (Phi) is 5.03. The smallest absolute Gasteiger partial charge is 0.225 e. The van der Waals surface area contributed by atoms with E-state index in [9.17, 15) is 14.4 Å². The number of benzene rings is 2. The van der Waals surface area contributed by atoms with Gasteiger partial charge in [0.2, 0.25) is 11.7 Å². The lowest BCUT2D eigenvalue weighted by Crippen LogP contribution is -2.10. The summed E-state index contributed by atoms with van der Waals surface area (Å²) in [5.74, 6) is -0.511. The normalized spacial score (nSPS) is 9.86. The highest BCUT2D eigenvalue weighted by Gasteiger charge is 2.11. The molecule has 112 valence electrons. The quantitative estimate of drug-likeness (QED) is 0.505. The molecular formula is C17H15NO4. The minimum atomic E-state index is -0.652. The van der Waals surface area contributed by atoms with E-state index in [2.05, 4.69) is 5.32 Å². The van der Waals surface area contributed by atoms with E-state index >= 15 is 0 Å². The molecule has 0 aliphatic heterocycles. The van der Waals surface area contributed by atoms with Crippen LogP contribution in [0.1, 0.15) is 22.8 Å². The Labute approximate surface area is 127 Å². The van der Waals surface area contributed by atoms with Crippen LogP contribution in [0.15, 0.2) is 48.5 Å². The van der Waals surface area contributed by atoms with E-state index in [4.69, 9.17) is 4.74 Å². The van der Waals surface area contributed by atoms with E-state index in [0.29, 0.717) is 18.0 Å². The first-order valence-electron chi connectivity index (χ1n) is 6.68. The van der Waals surface area contributed by atoms with Crippen LogP contribution in [0.2, 0.25) is 0 Å². The number of ether oxygens (including phenoxy) is 1. The summed E-state index contributed by atoms with van der Waals surface area (Å²) in [5, 5.41) is 2.60. The summed E-state index contributed by atoms with van der Waals surface area (Å²) in [5.41, 5.74) is 1.53. The van der Waals surface area contributed by atoms with Gasteiger partial charge < -0.3 is 10.1 Å². The largest absolute Gasteiger partial charge is 0.487 e. The number of amides is 1. The third-order valence-electron chi connectivity index (χ3n) is 2.92. The molecule has 1 amide bonds. The summed E-state index contributed by atoms with van der Waals surface area (Å²) in [6.45, 7) is 1.68. The molecule has 0 heterocycles. The van der Waals surface area contributed by atoms with Crippen molar-refractivity contribution in [1.82, 2.24) is 0 Å². The topological polar surface area (TPSA) is 72.5 Å². The van der Waals surface area contributed by atoms with Gasteiger partial charge in [-0.2, -0.15) is 0 Å². The van der Waals surface area contributed by atoms with Crippen LogP contribution in [0, 0.1) is 0 Å². The molecule has 0 saturated heterocycles. The standard InChI is InChI=1S/C17H15NO4/c1-12(20)18-15-9-14(16(21)10-19)7-8-17(15)22-11-13-5-3-2-4-6-13/h2-10H,11H2,1H3,(H,18,20). The van der Waals surface area contributed by atoms with Crippen molar-refractivity contribution >= 4 is 23.7 Å². The fourth-order valence-electron chi connectivity index (χ4n) is 1.90. The molecule has 0 spiro atoms. The highest BCUT2D eigenvalue weighted by Crippen LogP contribution is 2.27. The van der Waals surface area contributed by atoms with E-state index in [1.165, 1.54) is 19.1 Å². The molecule has 5 heteroatoms. The maximum absolute atomic E-state index is 11.4. The van der Waals surface area contributed by atoms with Gasteiger partial charge in [-0.25, -0.2) is 0 Å². The molecule has 0 bridgehead atoms. The van der Waals surface area contributed by atoms with Crippen molar-refractivity contribution in [2.75, 3.05) is 5.32 Å². The van der Waals surface area contributed by atoms with Crippen molar-refractivity contribution in [3.05, 3.63) is 59.7 Å². The first-order valence-corrected chi connectivity index (χ1v) is 6.68. The Bertz CT molecular complexity index is 695. The molecule has 0 aliphatic rings. The van der Waals surface area contributed by atoms with Crippen molar-refractivity contribution in [3.8, 4) is 5.75 Å². The lowest BCUT2D eigenvalue weighted by atomic mass is 10.1. The van der Waals surface area contributed by atoms with Crippen molar-refractivity contribution in [2.24, 2.45) is 0 Å². The Morgan fingerprint density at radius 2 is 1.86 bits per heavy atom. The number of anilines is 1. The third kappa shape index (κ3) is 4.02. The van der Waals surface area contributed by atoms with Gasteiger partial charge in [0.15, 0.2) is 6.29 Å². The number of ketones is 1. The fourth-order valence-corrected chi connectivity index (χ4v) is 1.90. The minimum absolute atomic E-state index is 0.200. The Morgan fingerprint density at radius 3 is 2.50 bits per heavy atom. The van der Waals surface area contributed by atoms with Gasteiger partial charge >= 0.3 is 0 Å². The first-order chi connectivity index (χ1) is 10.6. The molecule has 2 aromatic rings. The molecular weight excluding hydrogens is 282 g/mol. The molecule has 22 heavy (non-hydrogen) atoms. The van der Waals surface area contributed by atoms with Gasteiger partial charge in [0.05, 0.1) is 5.69 Å². The second-order valence-corrected chi connectivity index (χ2v) is 4.65. The summed E-state index contributed by atoms with van der Waals surface area (Å²) in [6.07, 6.45) is 0.234. The predicted molar refractivity (Wildman–Crippen MR) is 81.9 cm³/mol. The van der Waals surface area contributed by atoms with E-state index in [1.807, 2.05) is 30.3 Å². The Hall–Kier alpha value is -2.95. The summed E-state index contributed by atoms with van der Waals surface area (Å²) in [7, 11) is 0. The molecule has 0 aliphatic carbocycles. The van der Waals surface area contributed by atoms with Crippen molar-refractivity contribution in [2.45, 2.75) is 13.5 Å². The number of Topliss-reactive ketones (excluding diaryl/α,β-unsaturated/α-hetero) is 1. The average Bonchev–Trinajstić information content (AvgIpc) is 2.53. The fraction of sp³-hybridized carbons (Fsp3) is 0.118. The number of nitrogens with one attached hydrogen (secondary N) is 1. The van der Waals surface area contributed by atoms with Crippen LogP contribution in [-0.2, 0) is 16.2 Å². The Balaban J connectivity index is 2.23. The number of carbonyl (C=O) groups excluding carboxylic acids is 3. The van der Waals surface area contributed by atoms with Gasteiger partial charge in [-0.3, -0.25) is 14.4 Å². The van der Waals surface area contributed by atoms with E-state index in [0.717, 1.165) is 5.56 Å². The zero-order valence-corrected chi connectivity index (χ0v) is 12.0. The zero-order chi connectivity index (χ0) is 15.9. The Morgan fingerprint density at radius 1 is 1.14 bits per heavy atom. The van der Waals surface area contributed by atoms with Crippen molar-refractivity contribution in [1.29, 1.82) is 0 Å². The SMILES string of the molecule is CC(=O)Nc1cc(C(=O)C=O)ccc1OCc1ccccc1. The number of rotatable bonds is 6. The molecule has 0 aromatic heterocycles. The van der Waals surface area contributed by atoms with Gasteiger partial charge in [-0.05, 0) is 23.8 Å². The zero-order valence-electron chi connectivity index (χ0n) is 12.0. The van der Waals surface area contributed by atoms with E-state index in [1.54, 1.807) is 6.07 Å². The first kappa shape index (κ1) is 15.4. The van der Waals surface area contributed by atoms with Crippen LogP contribution >= 0.6 is 0 Å². The summed E-state index contributed by atoms with van der Waals surface area (Å²) in [4.78, 5) is 33.3. The molecule has 5 nitrogen and oxygen atoms in total. The van der Waals surface area contributed by atoms with Gasteiger partial charge in [-0.1, -0.05) is 30.3 Å². The second kappa shape index (κ2) is 7.17. The molecule has 0 radical (unpaired) electrons. The highest BCUT2D eigenvalue weighted by atomic mass is 16.5. The molecule has 0 unspecified atom stereocenters. The van der Waals surface area contributed by atoms with E-state index < -0.39 is 5.78 Å². The van der Waals surface area contributed by atoms with Gasteiger partial charge in [0, 0.05) is 12.5 Å². The van der Waals surface area contributed by atoms with Gasteiger partial charge in [-0.15, -0.1) is 0 Å². The predicted octanol–water partition coefficient (Wildman–Crippen LogP) is 2.61. The van der Waals surface area contributed by atoms with Crippen LogP contribution in [0.5, 0.6) is 5.75 Å². The maximum atomic E-state index is 11.4. The summed E-state index contributed by atoms with van der Waals surface area (Å²) >= 11 is 0. The van der Waals surface area contributed by atoms with Gasteiger partial charge in [0.1, 0.15) is 12.4 Å². The molecule has 0 saturated carbocycles. The number of hydrogen-bond acceptors (Lipinski definition) is 4. The van der Waals surface area contributed by atoms with Crippen LogP contribution in [0.3, 0.4) is 0 Å². The maximum Gasteiger partial charge on any atom is 0.225 e. The molecule has 0 fully saturated rings. The molecule has 1 N–H and O–H groups in total. The van der Waals surface area contributed by atoms with Crippen molar-refractivity contribution < 1.29 is 19.1 Å². The number of aldehydes is 1. The third-order valence-corrected chi connectivity index (χ3v) is 2.92.